The molecule has 0 spiro atoms. The van der Waals surface area contributed by atoms with Crippen LogP contribution in [0.1, 0.15) is 46.0 Å². The Balaban J connectivity index is 2.28. The number of alkyl halides is 3. The van der Waals surface area contributed by atoms with Crippen LogP contribution in [0.5, 0.6) is 0 Å². The fraction of sp³-hybridized carbons (Fsp3) is 0.700. The fourth-order valence-corrected chi connectivity index (χ4v) is 3.84. The smallest absolute Gasteiger partial charge is 0.383 e. The van der Waals surface area contributed by atoms with E-state index in [1.165, 1.54) is 14.4 Å². The number of nitrogen functional groups attached to an aromatic ring is 1. The lowest BCUT2D eigenvalue weighted by Gasteiger charge is -2.28. The van der Waals surface area contributed by atoms with Crippen molar-refractivity contribution in [3.05, 3.63) is 20.8 Å². The van der Waals surface area contributed by atoms with Gasteiger partial charge in [-0.15, -0.1) is 0 Å². The van der Waals surface area contributed by atoms with E-state index in [0.717, 1.165) is 0 Å². The van der Waals surface area contributed by atoms with E-state index >= 15 is 0 Å². The zero-order valence-corrected chi connectivity index (χ0v) is 18.8. The first-order chi connectivity index (χ1) is 15.5. The number of anilines is 2. The maximum absolute atomic E-state index is 13.2. The van der Waals surface area contributed by atoms with E-state index in [2.05, 4.69) is 4.98 Å². The SMILES string of the molecule is CCCCN(C(=O)CN1CCCC1C(=O)NCC(F)(F)F)c1c(N)n(CCC)c(=O)[nH]c1=O. The molecule has 0 bridgehead atoms. The number of aromatic nitrogens is 2. The van der Waals surface area contributed by atoms with Crippen LogP contribution in [-0.2, 0) is 16.1 Å². The van der Waals surface area contributed by atoms with E-state index < -0.39 is 41.8 Å². The van der Waals surface area contributed by atoms with E-state index in [-0.39, 0.29) is 31.1 Å². The van der Waals surface area contributed by atoms with Gasteiger partial charge in [0.2, 0.25) is 11.8 Å². The average molecular weight is 477 g/mol. The molecule has 1 aliphatic rings. The molecule has 10 nitrogen and oxygen atoms in total. The lowest BCUT2D eigenvalue weighted by molar-refractivity contribution is -0.141. The number of rotatable bonds is 10. The van der Waals surface area contributed by atoms with Gasteiger partial charge >= 0.3 is 11.9 Å². The zero-order valence-electron chi connectivity index (χ0n) is 18.8. The monoisotopic (exact) mass is 476 g/mol. The van der Waals surface area contributed by atoms with Crippen molar-refractivity contribution in [1.29, 1.82) is 0 Å². The number of nitrogens with two attached hydrogens (primary N) is 1. The molecule has 1 aromatic rings. The largest absolute Gasteiger partial charge is 0.405 e. The Kier molecular flexibility index (Phi) is 9.08. The fourth-order valence-electron chi connectivity index (χ4n) is 3.84. The predicted octanol–water partition coefficient (Wildman–Crippen LogP) is 0.805. The van der Waals surface area contributed by atoms with Crippen molar-refractivity contribution in [3.8, 4) is 0 Å². The molecule has 186 valence electrons. The van der Waals surface area contributed by atoms with Crippen molar-refractivity contribution in [2.45, 2.75) is 64.7 Å². The molecule has 0 aromatic carbocycles. The maximum Gasteiger partial charge on any atom is 0.405 e. The van der Waals surface area contributed by atoms with Gasteiger partial charge in [-0.05, 0) is 32.2 Å². The minimum absolute atomic E-state index is 0.129. The quantitative estimate of drug-likeness (QED) is 0.458. The molecule has 1 aromatic heterocycles. The molecule has 1 aliphatic heterocycles. The summed E-state index contributed by atoms with van der Waals surface area (Å²) in [5.41, 5.74) is 4.50. The number of likely N-dealkylation sites (tertiary alicyclic amines) is 1. The Labute approximate surface area is 188 Å². The number of amides is 2. The van der Waals surface area contributed by atoms with E-state index in [9.17, 15) is 32.3 Å². The molecule has 2 heterocycles. The number of nitrogens with one attached hydrogen (secondary N) is 2. The van der Waals surface area contributed by atoms with Crippen LogP contribution in [0.3, 0.4) is 0 Å². The molecule has 33 heavy (non-hydrogen) atoms. The molecule has 0 radical (unpaired) electrons. The van der Waals surface area contributed by atoms with Crippen LogP contribution >= 0.6 is 0 Å². The van der Waals surface area contributed by atoms with Crippen molar-refractivity contribution in [1.82, 2.24) is 19.8 Å². The molecule has 1 unspecified atom stereocenters. The molecule has 4 N–H and O–H groups in total. The highest BCUT2D eigenvalue weighted by Crippen LogP contribution is 2.22. The number of carbonyl (C=O) groups excluding carboxylic acids is 2. The van der Waals surface area contributed by atoms with Crippen LogP contribution in [-0.4, -0.2) is 64.7 Å². The Morgan fingerprint density at radius 2 is 1.94 bits per heavy atom. The molecular weight excluding hydrogens is 445 g/mol. The van der Waals surface area contributed by atoms with Gasteiger partial charge < -0.3 is 16.0 Å². The minimum Gasteiger partial charge on any atom is -0.383 e. The Morgan fingerprint density at radius 1 is 1.24 bits per heavy atom. The average Bonchev–Trinajstić information content (AvgIpc) is 3.19. The van der Waals surface area contributed by atoms with Gasteiger partial charge in [0.05, 0.1) is 12.6 Å². The highest BCUT2D eigenvalue weighted by molar-refractivity contribution is 5.97. The van der Waals surface area contributed by atoms with Gasteiger partial charge in [-0.25, -0.2) is 4.79 Å². The van der Waals surface area contributed by atoms with E-state index in [1.54, 1.807) is 0 Å². The van der Waals surface area contributed by atoms with Gasteiger partial charge in [0, 0.05) is 13.1 Å². The van der Waals surface area contributed by atoms with Gasteiger partial charge in [-0.3, -0.25) is 28.8 Å². The van der Waals surface area contributed by atoms with Gasteiger partial charge in [0.25, 0.3) is 5.56 Å². The van der Waals surface area contributed by atoms with Crippen molar-refractivity contribution < 1.29 is 22.8 Å². The van der Waals surface area contributed by atoms with Crippen molar-refractivity contribution in [3.63, 3.8) is 0 Å². The molecule has 1 fully saturated rings. The predicted molar refractivity (Wildman–Crippen MR) is 117 cm³/mol. The van der Waals surface area contributed by atoms with Gasteiger partial charge in [0.15, 0.2) is 5.69 Å². The summed E-state index contributed by atoms with van der Waals surface area (Å²) in [6.07, 6.45) is -1.85. The summed E-state index contributed by atoms with van der Waals surface area (Å²) >= 11 is 0. The van der Waals surface area contributed by atoms with Crippen LogP contribution in [0.15, 0.2) is 9.59 Å². The molecule has 1 saturated heterocycles. The highest BCUT2D eigenvalue weighted by atomic mass is 19.4. The first-order valence-corrected chi connectivity index (χ1v) is 11.0. The summed E-state index contributed by atoms with van der Waals surface area (Å²) < 4.78 is 38.6. The second kappa shape index (κ2) is 11.3. The number of aromatic amines is 1. The van der Waals surface area contributed by atoms with Gasteiger partial charge in [-0.1, -0.05) is 20.3 Å². The minimum atomic E-state index is -4.54. The molecular formula is C20H31F3N6O4. The van der Waals surface area contributed by atoms with E-state index in [4.69, 9.17) is 5.73 Å². The number of H-pyrrole nitrogens is 1. The molecule has 0 aliphatic carbocycles. The Bertz CT molecular complexity index is 959. The van der Waals surface area contributed by atoms with Crippen LogP contribution in [0.25, 0.3) is 0 Å². The van der Waals surface area contributed by atoms with Crippen LogP contribution in [0.2, 0.25) is 0 Å². The second-order valence-corrected chi connectivity index (χ2v) is 8.01. The van der Waals surface area contributed by atoms with E-state index in [0.29, 0.717) is 38.6 Å². The van der Waals surface area contributed by atoms with Gasteiger partial charge in [-0.2, -0.15) is 13.2 Å². The number of hydrogen-bond acceptors (Lipinski definition) is 6. The lowest BCUT2D eigenvalue weighted by atomic mass is 10.2. The second-order valence-electron chi connectivity index (χ2n) is 8.01. The standard InChI is InChI=1S/C20H31F3N6O4/c1-3-5-10-28(15-16(24)29(8-4-2)19(33)26-18(15)32)14(30)11-27-9-6-7-13(27)17(31)25-12-20(21,22)23/h13H,3-12,24H2,1-2H3,(H,25,31)(H,26,32,33). The zero-order chi connectivity index (χ0) is 24.8. The van der Waals surface area contributed by atoms with Crippen molar-refractivity contribution in [2.24, 2.45) is 0 Å². The Hall–Kier alpha value is -2.83. The van der Waals surface area contributed by atoms with Crippen LogP contribution in [0.4, 0.5) is 24.7 Å². The third-order valence-electron chi connectivity index (χ3n) is 5.44. The Morgan fingerprint density at radius 3 is 2.55 bits per heavy atom. The first kappa shape index (κ1) is 26.4. The van der Waals surface area contributed by atoms with Crippen LogP contribution < -0.4 is 27.2 Å². The number of hydrogen-bond donors (Lipinski definition) is 3. The van der Waals surface area contributed by atoms with Gasteiger partial charge in [0.1, 0.15) is 12.4 Å². The summed E-state index contributed by atoms with van der Waals surface area (Å²) in [5.74, 6) is -1.46. The van der Waals surface area contributed by atoms with Crippen LogP contribution in [0, 0.1) is 0 Å². The molecule has 13 heteroatoms. The third-order valence-corrected chi connectivity index (χ3v) is 5.44. The lowest BCUT2D eigenvalue weighted by Crippen LogP contribution is -2.50. The van der Waals surface area contributed by atoms with Crippen molar-refractivity contribution >= 4 is 23.3 Å². The number of unbranched alkanes of at least 4 members (excludes halogenated alkanes) is 1. The highest BCUT2D eigenvalue weighted by Gasteiger charge is 2.36. The summed E-state index contributed by atoms with van der Waals surface area (Å²) in [6, 6.07) is -0.881. The molecule has 1 atom stereocenters. The number of halogens is 3. The van der Waals surface area contributed by atoms with Crippen molar-refractivity contribution in [2.75, 3.05) is 36.8 Å². The molecule has 2 rings (SSSR count). The molecule has 2 amide bonds. The molecule has 0 saturated carbocycles. The maximum atomic E-state index is 13.2. The van der Waals surface area contributed by atoms with E-state index in [1.807, 2.05) is 19.2 Å². The number of nitrogens with zero attached hydrogens (tertiary/aromatic N) is 3. The normalized spacial score (nSPS) is 16.7. The summed E-state index contributed by atoms with van der Waals surface area (Å²) in [7, 11) is 0. The third kappa shape index (κ3) is 6.83. The number of carbonyl (C=O) groups is 2. The summed E-state index contributed by atoms with van der Waals surface area (Å²) in [4.78, 5) is 55.1. The summed E-state index contributed by atoms with van der Waals surface area (Å²) in [5, 5.41) is 1.87. The first-order valence-electron chi connectivity index (χ1n) is 11.0. The summed E-state index contributed by atoms with van der Waals surface area (Å²) in [6.45, 7) is 2.75. The topological polar surface area (TPSA) is 134 Å².